The molecular formula is C20H21FN6O3S. The van der Waals surface area contributed by atoms with Crippen LogP contribution in [0.15, 0.2) is 29.3 Å². The molecule has 0 fully saturated rings. The lowest BCUT2D eigenvalue weighted by atomic mass is 10.1. The van der Waals surface area contributed by atoms with Crippen LogP contribution in [-0.4, -0.2) is 41.1 Å². The number of carbonyl (C=O) groups is 1. The maximum Gasteiger partial charge on any atom is 0.296 e. The molecule has 0 atom stereocenters. The van der Waals surface area contributed by atoms with Crippen LogP contribution in [0.5, 0.6) is 5.75 Å². The summed E-state index contributed by atoms with van der Waals surface area (Å²) in [5.41, 5.74) is 0.0422. The van der Waals surface area contributed by atoms with Gasteiger partial charge in [0.05, 0.1) is 10.4 Å². The smallest absolute Gasteiger partial charge is 0.296 e. The first-order valence-electron chi connectivity index (χ1n) is 9.61. The molecule has 162 valence electrons. The molecule has 0 radical (unpaired) electrons. The predicted molar refractivity (Wildman–Crippen MR) is 113 cm³/mol. The average Bonchev–Trinajstić information content (AvgIpc) is 3.15. The molecule has 0 bridgehead atoms. The van der Waals surface area contributed by atoms with E-state index in [0.717, 1.165) is 0 Å². The van der Waals surface area contributed by atoms with Crippen molar-refractivity contribution in [2.75, 3.05) is 5.75 Å². The molecule has 1 aliphatic heterocycles. The van der Waals surface area contributed by atoms with Crippen molar-refractivity contribution >= 4 is 17.7 Å². The van der Waals surface area contributed by atoms with Gasteiger partial charge < -0.3 is 10.4 Å². The fourth-order valence-electron chi connectivity index (χ4n) is 3.51. The molecule has 3 aromatic rings. The summed E-state index contributed by atoms with van der Waals surface area (Å²) in [5.74, 6) is -0.133. The molecule has 1 aromatic carbocycles. The minimum Gasteiger partial charge on any atom is -0.501 e. The van der Waals surface area contributed by atoms with Crippen molar-refractivity contribution in [3.05, 3.63) is 63.6 Å². The number of aromatic hydroxyl groups is 1. The van der Waals surface area contributed by atoms with E-state index in [0.29, 0.717) is 35.2 Å². The standard InChI is InChI=1S/C20H21FN6O3S/c1-11-23-10-24-27(11)14-8-13(21)5-4-12(14)9-22-17(29)15-16(28)18(30)26-6-7-31-20(2,3)19(26)25-15/h4-5,8,10,28H,6-7,9H2,1-3H3,(H,22,29). The van der Waals surface area contributed by atoms with Crippen molar-refractivity contribution in [1.82, 2.24) is 29.6 Å². The number of hydrogen-bond acceptors (Lipinski definition) is 7. The van der Waals surface area contributed by atoms with Gasteiger partial charge in [-0.2, -0.15) is 5.10 Å². The van der Waals surface area contributed by atoms with Crippen LogP contribution in [0.1, 0.15) is 41.5 Å². The van der Waals surface area contributed by atoms with Crippen LogP contribution >= 0.6 is 11.8 Å². The first kappa shape index (κ1) is 21.0. The molecule has 3 heterocycles. The van der Waals surface area contributed by atoms with Crippen molar-refractivity contribution in [3.63, 3.8) is 0 Å². The second kappa shape index (κ2) is 7.80. The average molecular weight is 444 g/mol. The fourth-order valence-corrected chi connectivity index (χ4v) is 4.57. The number of amides is 1. The summed E-state index contributed by atoms with van der Waals surface area (Å²) >= 11 is 1.62. The summed E-state index contributed by atoms with van der Waals surface area (Å²) in [6.45, 7) is 5.98. The number of aryl methyl sites for hydroxylation is 1. The maximum absolute atomic E-state index is 13.8. The maximum atomic E-state index is 13.8. The highest BCUT2D eigenvalue weighted by atomic mass is 32.2. The number of fused-ring (bicyclic) bond motifs is 1. The zero-order chi connectivity index (χ0) is 22.3. The zero-order valence-electron chi connectivity index (χ0n) is 17.2. The van der Waals surface area contributed by atoms with Crippen LogP contribution in [0.2, 0.25) is 0 Å². The monoisotopic (exact) mass is 444 g/mol. The minimum atomic E-state index is -0.699. The Morgan fingerprint density at radius 1 is 1.39 bits per heavy atom. The summed E-state index contributed by atoms with van der Waals surface area (Å²) in [7, 11) is 0. The molecule has 0 spiro atoms. The van der Waals surface area contributed by atoms with Crippen LogP contribution in [-0.2, 0) is 17.8 Å². The SMILES string of the molecule is Cc1ncnn1-c1cc(F)ccc1CNC(=O)c1nc2n(c(=O)c1O)CCSC2(C)C. The van der Waals surface area contributed by atoms with Crippen LogP contribution in [0.4, 0.5) is 4.39 Å². The van der Waals surface area contributed by atoms with E-state index in [1.807, 2.05) is 13.8 Å². The van der Waals surface area contributed by atoms with Crippen LogP contribution in [0, 0.1) is 12.7 Å². The number of nitrogens with one attached hydrogen (secondary N) is 1. The molecule has 2 N–H and O–H groups in total. The number of hydrogen-bond donors (Lipinski definition) is 2. The van der Waals surface area contributed by atoms with Gasteiger partial charge in [-0.15, -0.1) is 11.8 Å². The molecule has 4 rings (SSSR count). The van der Waals surface area contributed by atoms with Crippen molar-refractivity contribution in [2.45, 2.75) is 38.6 Å². The second-order valence-electron chi connectivity index (χ2n) is 7.62. The summed E-state index contributed by atoms with van der Waals surface area (Å²) in [6.07, 6.45) is 1.35. The van der Waals surface area contributed by atoms with Gasteiger partial charge in [0.25, 0.3) is 11.5 Å². The van der Waals surface area contributed by atoms with Crippen molar-refractivity contribution in [3.8, 4) is 11.4 Å². The largest absolute Gasteiger partial charge is 0.501 e. The molecule has 11 heteroatoms. The summed E-state index contributed by atoms with van der Waals surface area (Å²) in [6, 6.07) is 4.10. The Kier molecular flexibility index (Phi) is 5.29. The Morgan fingerprint density at radius 2 is 2.16 bits per heavy atom. The van der Waals surface area contributed by atoms with Crippen LogP contribution in [0.25, 0.3) is 5.69 Å². The van der Waals surface area contributed by atoms with Gasteiger partial charge >= 0.3 is 0 Å². The Balaban J connectivity index is 1.65. The Bertz CT molecular complexity index is 1240. The van der Waals surface area contributed by atoms with E-state index in [-0.39, 0.29) is 12.2 Å². The molecule has 2 aromatic heterocycles. The highest BCUT2D eigenvalue weighted by Crippen LogP contribution is 2.37. The summed E-state index contributed by atoms with van der Waals surface area (Å²) in [4.78, 5) is 33.8. The number of carbonyl (C=O) groups excluding carboxylic acids is 1. The van der Waals surface area contributed by atoms with Gasteiger partial charge in [0.15, 0.2) is 5.69 Å². The van der Waals surface area contributed by atoms with Gasteiger partial charge in [-0.3, -0.25) is 14.2 Å². The first-order chi connectivity index (χ1) is 14.7. The number of aromatic nitrogens is 5. The number of halogens is 1. The van der Waals surface area contributed by atoms with E-state index in [1.165, 1.54) is 33.8 Å². The molecule has 0 saturated heterocycles. The Labute approximate surface area is 181 Å². The predicted octanol–water partition coefficient (Wildman–Crippen LogP) is 1.89. The molecule has 31 heavy (non-hydrogen) atoms. The molecule has 1 aliphatic rings. The van der Waals surface area contributed by atoms with E-state index in [4.69, 9.17) is 0 Å². The van der Waals surface area contributed by atoms with Gasteiger partial charge in [0.1, 0.15) is 23.8 Å². The van der Waals surface area contributed by atoms with Crippen LogP contribution in [0.3, 0.4) is 0 Å². The van der Waals surface area contributed by atoms with Gasteiger partial charge in [-0.1, -0.05) is 6.07 Å². The lowest BCUT2D eigenvalue weighted by molar-refractivity contribution is 0.0941. The van der Waals surface area contributed by atoms with Crippen molar-refractivity contribution < 1.29 is 14.3 Å². The quantitative estimate of drug-likeness (QED) is 0.631. The fraction of sp³-hybridized carbons (Fsp3) is 0.350. The van der Waals surface area contributed by atoms with Gasteiger partial charge in [0, 0.05) is 18.8 Å². The van der Waals surface area contributed by atoms with Crippen LogP contribution < -0.4 is 10.9 Å². The van der Waals surface area contributed by atoms with Crippen molar-refractivity contribution in [2.24, 2.45) is 0 Å². The molecule has 9 nitrogen and oxygen atoms in total. The lowest BCUT2D eigenvalue weighted by Gasteiger charge is -2.31. The molecule has 0 saturated carbocycles. The van der Waals surface area contributed by atoms with Gasteiger partial charge in [0.2, 0.25) is 5.75 Å². The third-order valence-electron chi connectivity index (χ3n) is 5.11. The highest BCUT2D eigenvalue weighted by molar-refractivity contribution is 8.00. The van der Waals surface area contributed by atoms with Gasteiger partial charge in [-0.25, -0.2) is 19.0 Å². The number of nitrogens with zero attached hydrogens (tertiary/aromatic N) is 5. The van der Waals surface area contributed by atoms with Gasteiger partial charge in [-0.05, 0) is 38.5 Å². The zero-order valence-corrected chi connectivity index (χ0v) is 18.0. The lowest BCUT2D eigenvalue weighted by Crippen LogP contribution is -2.38. The first-order valence-corrected chi connectivity index (χ1v) is 10.6. The third-order valence-corrected chi connectivity index (χ3v) is 6.40. The normalized spacial score (nSPS) is 14.8. The molecule has 1 amide bonds. The molecule has 0 unspecified atom stereocenters. The van der Waals surface area contributed by atoms with E-state index < -0.39 is 27.8 Å². The highest BCUT2D eigenvalue weighted by Gasteiger charge is 2.34. The van der Waals surface area contributed by atoms with E-state index in [1.54, 1.807) is 18.7 Å². The Hall–Kier alpha value is -3.21. The Morgan fingerprint density at radius 3 is 2.87 bits per heavy atom. The number of rotatable bonds is 4. The van der Waals surface area contributed by atoms with E-state index in [9.17, 15) is 19.1 Å². The van der Waals surface area contributed by atoms with Crippen molar-refractivity contribution in [1.29, 1.82) is 0 Å². The summed E-state index contributed by atoms with van der Waals surface area (Å²) < 4.78 is 16.2. The molecule has 0 aliphatic carbocycles. The molecular weight excluding hydrogens is 423 g/mol. The van der Waals surface area contributed by atoms with E-state index in [2.05, 4.69) is 20.4 Å². The van der Waals surface area contributed by atoms with E-state index >= 15 is 0 Å². The summed E-state index contributed by atoms with van der Waals surface area (Å²) in [5, 5.41) is 17.1. The number of benzene rings is 1. The number of thioether (sulfide) groups is 1. The second-order valence-corrected chi connectivity index (χ2v) is 9.34. The minimum absolute atomic E-state index is 0.00538. The third kappa shape index (κ3) is 3.80. The topological polar surface area (TPSA) is 115 Å².